The predicted molar refractivity (Wildman–Crippen MR) is 71.4 cm³/mol. The third kappa shape index (κ3) is 2.94. The smallest absolute Gasteiger partial charge is 0.338 e. The Morgan fingerprint density at radius 2 is 2.00 bits per heavy atom. The molecule has 21 heavy (non-hydrogen) atoms. The Kier molecular flexibility index (Phi) is 3.71. The van der Waals surface area contributed by atoms with Gasteiger partial charge in [-0.05, 0) is 26.0 Å². The molecule has 6 nitrogen and oxygen atoms in total. The highest BCUT2D eigenvalue weighted by molar-refractivity contribution is 5.89. The van der Waals surface area contributed by atoms with Crippen LogP contribution in [0.2, 0.25) is 0 Å². The molecule has 6 heteroatoms. The molecule has 2 fully saturated rings. The molecule has 0 radical (unpaired) electrons. The molecular weight excluding hydrogens is 276 g/mol. The van der Waals surface area contributed by atoms with Gasteiger partial charge in [0.05, 0.1) is 5.56 Å². The largest absolute Gasteiger partial charge is 0.459 e. The molecule has 0 bridgehead atoms. The number of ether oxygens (including phenoxy) is 4. The molecule has 0 spiro atoms. The van der Waals surface area contributed by atoms with E-state index in [0.29, 0.717) is 5.56 Å². The normalized spacial score (nSPS) is 33.7. The summed E-state index contributed by atoms with van der Waals surface area (Å²) in [4.78, 5) is 11.8. The van der Waals surface area contributed by atoms with Crippen molar-refractivity contribution in [3.63, 3.8) is 0 Å². The maximum absolute atomic E-state index is 11.8. The van der Waals surface area contributed by atoms with Gasteiger partial charge in [-0.25, -0.2) is 4.79 Å². The number of hydrogen-bond donors (Lipinski definition) is 1. The number of benzene rings is 1. The summed E-state index contributed by atoms with van der Waals surface area (Å²) in [5, 5.41) is 10.2. The van der Waals surface area contributed by atoms with Crippen molar-refractivity contribution in [1.82, 2.24) is 0 Å². The average molecular weight is 294 g/mol. The maximum Gasteiger partial charge on any atom is 0.338 e. The molecule has 0 aromatic heterocycles. The van der Waals surface area contributed by atoms with Crippen LogP contribution in [0.3, 0.4) is 0 Å². The fourth-order valence-corrected chi connectivity index (χ4v) is 2.51. The van der Waals surface area contributed by atoms with Gasteiger partial charge in [0.15, 0.2) is 12.1 Å². The lowest BCUT2D eigenvalue weighted by atomic mass is 10.1. The fraction of sp³-hybridized carbons (Fsp3) is 0.533. The Balaban J connectivity index is 1.55. The molecular formula is C15H18O6. The maximum atomic E-state index is 11.8. The van der Waals surface area contributed by atoms with Gasteiger partial charge in [0, 0.05) is 0 Å². The van der Waals surface area contributed by atoms with E-state index in [4.69, 9.17) is 18.9 Å². The van der Waals surface area contributed by atoms with Crippen LogP contribution < -0.4 is 0 Å². The van der Waals surface area contributed by atoms with Crippen LogP contribution in [0.4, 0.5) is 0 Å². The predicted octanol–water partition coefficient (Wildman–Crippen LogP) is 1.08. The third-order valence-corrected chi connectivity index (χ3v) is 3.50. The van der Waals surface area contributed by atoms with Crippen LogP contribution in [0.5, 0.6) is 0 Å². The summed E-state index contributed by atoms with van der Waals surface area (Å²) in [6.45, 7) is 3.46. The van der Waals surface area contributed by atoms with Gasteiger partial charge in [0.2, 0.25) is 0 Å². The lowest BCUT2D eigenvalue weighted by Crippen LogP contribution is -2.37. The number of hydrogen-bond acceptors (Lipinski definition) is 6. The highest BCUT2D eigenvalue weighted by atomic mass is 16.8. The molecule has 1 aromatic rings. The van der Waals surface area contributed by atoms with Crippen LogP contribution in [-0.2, 0) is 18.9 Å². The second-order valence-corrected chi connectivity index (χ2v) is 5.60. The number of carbonyl (C=O) groups excluding carboxylic acids is 1. The van der Waals surface area contributed by atoms with E-state index in [1.165, 1.54) is 0 Å². The molecule has 0 amide bonds. The molecule has 4 atom stereocenters. The molecule has 1 N–H and O–H groups in total. The number of fused-ring (bicyclic) bond motifs is 1. The number of aliphatic hydroxyl groups excluding tert-OH is 1. The minimum atomic E-state index is -0.889. The third-order valence-electron chi connectivity index (χ3n) is 3.50. The van der Waals surface area contributed by atoms with E-state index >= 15 is 0 Å². The minimum absolute atomic E-state index is 0.0466. The molecule has 2 aliphatic heterocycles. The summed E-state index contributed by atoms with van der Waals surface area (Å²) in [7, 11) is 0. The monoisotopic (exact) mass is 294 g/mol. The summed E-state index contributed by atoms with van der Waals surface area (Å²) < 4.78 is 21.8. The van der Waals surface area contributed by atoms with Crippen molar-refractivity contribution in [3.05, 3.63) is 35.9 Å². The van der Waals surface area contributed by atoms with Crippen LogP contribution in [0.1, 0.15) is 24.2 Å². The van der Waals surface area contributed by atoms with E-state index in [1.54, 1.807) is 38.1 Å². The highest BCUT2D eigenvalue weighted by Gasteiger charge is 2.54. The van der Waals surface area contributed by atoms with Crippen LogP contribution in [-0.4, -0.2) is 48.1 Å². The summed E-state index contributed by atoms with van der Waals surface area (Å²) in [5.74, 6) is -1.23. The molecule has 114 valence electrons. The second-order valence-electron chi connectivity index (χ2n) is 5.60. The lowest BCUT2D eigenvalue weighted by Gasteiger charge is -2.22. The highest BCUT2D eigenvalue weighted by Crippen LogP contribution is 2.37. The van der Waals surface area contributed by atoms with Crippen molar-refractivity contribution in [1.29, 1.82) is 0 Å². The Labute approximate surface area is 122 Å². The zero-order valence-corrected chi connectivity index (χ0v) is 11.9. The van der Waals surface area contributed by atoms with Gasteiger partial charge in [-0.3, -0.25) is 0 Å². The zero-order valence-electron chi connectivity index (χ0n) is 11.9. The first kappa shape index (κ1) is 14.5. The Hall–Kier alpha value is -1.47. The molecule has 0 saturated carbocycles. The van der Waals surface area contributed by atoms with E-state index in [0.717, 1.165) is 0 Å². The standard InChI is InChI=1S/C15H18O6/c1-15(2)20-12-11(16)10(19-14(12)21-15)8-18-13(17)9-6-4-3-5-7-9/h3-7,10-12,14,16H,8H2,1-2H3/t10-,11?,12+,14-/m1/s1. The van der Waals surface area contributed by atoms with E-state index in [-0.39, 0.29) is 6.61 Å². The van der Waals surface area contributed by atoms with E-state index in [9.17, 15) is 9.90 Å². The van der Waals surface area contributed by atoms with Crippen LogP contribution in [0.15, 0.2) is 30.3 Å². The van der Waals surface area contributed by atoms with Crippen molar-refractivity contribution in [2.75, 3.05) is 6.61 Å². The molecule has 1 unspecified atom stereocenters. The van der Waals surface area contributed by atoms with Gasteiger partial charge in [0.1, 0.15) is 24.9 Å². The number of rotatable bonds is 3. The van der Waals surface area contributed by atoms with Crippen molar-refractivity contribution in [2.45, 2.75) is 44.2 Å². The second kappa shape index (κ2) is 5.38. The van der Waals surface area contributed by atoms with Crippen molar-refractivity contribution >= 4 is 5.97 Å². The first-order valence-corrected chi connectivity index (χ1v) is 6.88. The quantitative estimate of drug-likeness (QED) is 0.841. The summed E-state index contributed by atoms with van der Waals surface area (Å²) >= 11 is 0. The molecule has 3 rings (SSSR count). The van der Waals surface area contributed by atoms with Gasteiger partial charge in [-0.15, -0.1) is 0 Å². The first-order chi connectivity index (χ1) is 9.96. The number of aliphatic hydroxyl groups is 1. The molecule has 0 aliphatic carbocycles. The summed E-state index contributed by atoms with van der Waals surface area (Å²) in [5.41, 5.74) is 0.457. The first-order valence-electron chi connectivity index (χ1n) is 6.88. The fourth-order valence-electron chi connectivity index (χ4n) is 2.51. The summed E-state index contributed by atoms with van der Waals surface area (Å²) in [6.07, 6.45) is -2.72. The number of carbonyl (C=O) groups is 1. The van der Waals surface area contributed by atoms with E-state index in [2.05, 4.69) is 0 Å². The SMILES string of the molecule is CC1(C)O[C@H]2O[C@H](COC(=O)c3ccccc3)C(O)[C@@H]2O1. The Bertz CT molecular complexity index is 514. The Morgan fingerprint density at radius 3 is 2.67 bits per heavy atom. The minimum Gasteiger partial charge on any atom is -0.459 e. The van der Waals surface area contributed by atoms with Crippen LogP contribution >= 0.6 is 0 Å². The molecule has 1 aromatic carbocycles. The van der Waals surface area contributed by atoms with Gasteiger partial charge in [-0.1, -0.05) is 18.2 Å². The lowest BCUT2D eigenvalue weighted by molar-refractivity contribution is -0.218. The van der Waals surface area contributed by atoms with E-state index in [1.807, 2.05) is 6.07 Å². The van der Waals surface area contributed by atoms with Crippen molar-refractivity contribution in [2.24, 2.45) is 0 Å². The van der Waals surface area contributed by atoms with Crippen molar-refractivity contribution in [3.8, 4) is 0 Å². The Morgan fingerprint density at radius 1 is 1.29 bits per heavy atom. The van der Waals surface area contributed by atoms with Gasteiger partial charge >= 0.3 is 5.97 Å². The zero-order chi connectivity index (χ0) is 15.0. The van der Waals surface area contributed by atoms with Crippen LogP contribution in [0, 0.1) is 0 Å². The topological polar surface area (TPSA) is 74.2 Å². The van der Waals surface area contributed by atoms with Gasteiger partial charge in [0.25, 0.3) is 0 Å². The van der Waals surface area contributed by atoms with Crippen LogP contribution in [0.25, 0.3) is 0 Å². The van der Waals surface area contributed by atoms with Gasteiger partial charge < -0.3 is 24.1 Å². The van der Waals surface area contributed by atoms with E-state index < -0.39 is 36.4 Å². The molecule has 2 heterocycles. The average Bonchev–Trinajstić information content (AvgIpc) is 2.91. The van der Waals surface area contributed by atoms with Gasteiger partial charge in [-0.2, -0.15) is 0 Å². The molecule has 2 aliphatic rings. The number of esters is 1. The van der Waals surface area contributed by atoms with Crippen molar-refractivity contribution < 1.29 is 28.8 Å². The molecule has 2 saturated heterocycles. The summed E-state index contributed by atoms with van der Waals surface area (Å²) in [6, 6.07) is 8.66.